The van der Waals surface area contributed by atoms with E-state index in [4.69, 9.17) is 4.74 Å². The molecule has 0 unspecified atom stereocenters. The molecular formula is C12H12O2S. The van der Waals surface area contributed by atoms with Gasteiger partial charge in [0, 0.05) is 4.90 Å². The number of thioether (sulfide) groups is 1. The molecule has 0 saturated carbocycles. The molecule has 78 valence electrons. The molecule has 1 rings (SSSR count). The quantitative estimate of drug-likeness (QED) is 0.337. The standard InChI is InChI=1S/C12H12O2S/c1-3-4-9-14-12(13)10-5-7-11(15-2)8-6-10/h3-9H,1H2,2H3/b9-4+. The van der Waals surface area contributed by atoms with Gasteiger partial charge in [-0.1, -0.05) is 12.7 Å². The van der Waals surface area contributed by atoms with Gasteiger partial charge >= 0.3 is 5.97 Å². The van der Waals surface area contributed by atoms with Crippen molar-refractivity contribution in [3.05, 3.63) is 54.8 Å². The number of esters is 1. The summed E-state index contributed by atoms with van der Waals surface area (Å²) in [6.07, 6.45) is 6.41. The number of carbonyl (C=O) groups is 1. The van der Waals surface area contributed by atoms with Crippen LogP contribution < -0.4 is 0 Å². The molecule has 2 nitrogen and oxygen atoms in total. The molecule has 0 N–H and O–H groups in total. The van der Waals surface area contributed by atoms with Crippen LogP contribution >= 0.6 is 11.8 Å². The molecular weight excluding hydrogens is 208 g/mol. The Morgan fingerprint density at radius 2 is 2.07 bits per heavy atom. The third-order valence-electron chi connectivity index (χ3n) is 1.72. The summed E-state index contributed by atoms with van der Waals surface area (Å²) in [6.45, 7) is 3.47. The van der Waals surface area contributed by atoms with Crippen LogP contribution in [0.15, 0.2) is 54.2 Å². The number of rotatable bonds is 4. The molecule has 1 aromatic carbocycles. The lowest BCUT2D eigenvalue weighted by atomic mass is 10.2. The van der Waals surface area contributed by atoms with Crippen LogP contribution in [-0.2, 0) is 4.74 Å². The van der Waals surface area contributed by atoms with Gasteiger partial charge < -0.3 is 4.74 Å². The fourth-order valence-electron chi connectivity index (χ4n) is 0.952. The molecule has 0 aliphatic carbocycles. The second-order valence-corrected chi connectivity index (χ2v) is 3.58. The van der Waals surface area contributed by atoms with Gasteiger partial charge in [0.25, 0.3) is 0 Å². The van der Waals surface area contributed by atoms with Crippen LogP contribution in [0.4, 0.5) is 0 Å². The first-order chi connectivity index (χ1) is 7.27. The Balaban J connectivity index is 2.65. The van der Waals surface area contributed by atoms with Crippen LogP contribution in [0, 0.1) is 0 Å². The van der Waals surface area contributed by atoms with Crippen molar-refractivity contribution in [1.82, 2.24) is 0 Å². The fraction of sp³-hybridized carbons (Fsp3) is 0.0833. The van der Waals surface area contributed by atoms with Crippen molar-refractivity contribution in [2.24, 2.45) is 0 Å². The predicted molar refractivity (Wildman–Crippen MR) is 63.0 cm³/mol. The normalized spacial score (nSPS) is 10.2. The lowest BCUT2D eigenvalue weighted by molar-refractivity contribution is 0.0663. The molecule has 3 heteroatoms. The highest BCUT2D eigenvalue weighted by molar-refractivity contribution is 7.98. The van der Waals surface area contributed by atoms with Crippen LogP contribution in [0.2, 0.25) is 0 Å². The lowest BCUT2D eigenvalue weighted by Gasteiger charge is -2.00. The Morgan fingerprint density at radius 3 is 2.60 bits per heavy atom. The molecule has 0 fully saturated rings. The molecule has 0 radical (unpaired) electrons. The Kier molecular flexibility index (Phi) is 4.71. The number of benzene rings is 1. The van der Waals surface area contributed by atoms with Gasteiger partial charge in [0.1, 0.15) is 0 Å². The highest BCUT2D eigenvalue weighted by atomic mass is 32.2. The Labute approximate surface area is 93.6 Å². The molecule has 0 aliphatic rings. The molecule has 0 bridgehead atoms. The minimum atomic E-state index is -0.360. The van der Waals surface area contributed by atoms with E-state index in [1.165, 1.54) is 6.26 Å². The minimum absolute atomic E-state index is 0.360. The van der Waals surface area contributed by atoms with E-state index in [-0.39, 0.29) is 5.97 Å². The van der Waals surface area contributed by atoms with Crippen LogP contribution in [0.25, 0.3) is 0 Å². The molecule has 15 heavy (non-hydrogen) atoms. The molecule has 1 aromatic rings. The summed E-state index contributed by atoms with van der Waals surface area (Å²) in [6, 6.07) is 7.27. The van der Waals surface area contributed by atoms with Gasteiger partial charge in [0.2, 0.25) is 0 Å². The van der Waals surface area contributed by atoms with Gasteiger partial charge in [-0.25, -0.2) is 4.79 Å². The van der Waals surface area contributed by atoms with Crippen LogP contribution in [0.5, 0.6) is 0 Å². The maximum Gasteiger partial charge on any atom is 0.342 e. The van der Waals surface area contributed by atoms with Crippen LogP contribution in [-0.4, -0.2) is 12.2 Å². The molecule has 0 amide bonds. The van der Waals surface area contributed by atoms with E-state index in [1.54, 1.807) is 36.0 Å². The van der Waals surface area contributed by atoms with Crippen molar-refractivity contribution in [1.29, 1.82) is 0 Å². The SMILES string of the molecule is C=C/C=C/OC(=O)c1ccc(SC)cc1. The van der Waals surface area contributed by atoms with Crippen molar-refractivity contribution in [2.75, 3.05) is 6.26 Å². The fourth-order valence-corrected chi connectivity index (χ4v) is 1.36. The Hall–Kier alpha value is -1.48. The largest absolute Gasteiger partial charge is 0.431 e. The summed E-state index contributed by atoms with van der Waals surface area (Å²) in [5, 5.41) is 0. The van der Waals surface area contributed by atoms with Crippen molar-refractivity contribution in [2.45, 2.75) is 4.90 Å². The van der Waals surface area contributed by atoms with Gasteiger partial charge in [0.15, 0.2) is 0 Å². The Morgan fingerprint density at radius 1 is 1.40 bits per heavy atom. The second-order valence-electron chi connectivity index (χ2n) is 2.70. The monoisotopic (exact) mass is 220 g/mol. The van der Waals surface area contributed by atoms with Gasteiger partial charge in [-0.15, -0.1) is 11.8 Å². The molecule has 0 aromatic heterocycles. The average Bonchev–Trinajstić information content (AvgIpc) is 2.29. The van der Waals surface area contributed by atoms with E-state index in [0.717, 1.165) is 4.90 Å². The number of ether oxygens (including phenoxy) is 1. The molecule has 0 heterocycles. The van der Waals surface area contributed by atoms with Gasteiger partial charge in [-0.05, 0) is 36.6 Å². The van der Waals surface area contributed by atoms with E-state index in [0.29, 0.717) is 5.56 Å². The van der Waals surface area contributed by atoms with E-state index >= 15 is 0 Å². The number of allylic oxidation sites excluding steroid dienone is 2. The van der Waals surface area contributed by atoms with Crippen LogP contribution in [0.1, 0.15) is 10.4 Å². The van der Waals surface area contributed by atoms with Crippen molar-refractivity contribution in [3.8, 4) is 0 Å². The smallest absolute Gasteiger partial charge is 0.342 e. The summed E-state index contributed by atoms with van der Waals surface area (Å²) >= 11 is 1.63. The van der Waals surface area contributed by atoms with E-state index in [9.17, 15) is 4.79 Å². The van der Waals surface area contributed by atoms with Crippen molar-refractivity contribution in [3.63, 3.8) is 0 Å². The zero-order valence-electron chi connectivity index (χ0n) is 8.47. The Bertz CT molecular complexity index is 366. The summed E-state index contributed by atoms with van der Waals surface area (Å²) < 4.78 is 4.84. The van der Waals surface area contributed by atoms with Crippen LogP contribution in [0.3, 0.4) is 0 Å². The van der Waals surface area contributed by atoms with Gasteiger partial charge in [0.05, 0.1) is 11.8 Å². The van der Waals surface area contributed by atoms with Crippen molar-refractivity contribution >= 4 is 17.7 Å². The molecule has 0 atom stereocenters. The minimum Gasteiger partial charge on any atom is -0.431 e. The zero-order valence-corrected chi connectivity index (χ0v) is 9.29. The first kappa shape index (κ1) is 11.6. The third-order valence-corrected chi connectivity index (χ3v) is 2.46. The first-order valence-corrected chi connectivity index (χ1v) is 5.63. The highest BCUT2D eigenvalue weighted by Gasteiger charge is 2.04. The summed E-state index contributed by atoms with van der Waals surface area (Å²) in [5.41, 5.74) is 0.543. The summed E-state index contributed by atoms with van der Waals surface area (Å²) in [5.74, 6) is -0.360. The second kappa shape index (κ2) is 6.09. The molecule has 0 spiro atoms. The van der Waals surface area contributed by atoms with E-state index in [2.05, 4.69) is 6.58 Å². The average molecular weight is 220 g/mol. The molecule has 0 aliphatic heterocycles. The first-order valence-electron chi connectivity index (χ1n) is 4.40. The van der Waals surface area contributed by atoms with Gasteiger partial charge in [-0.2, -0.15) is 0 Å². The maximum absolute atomic E-state index is 11.4. The predicted octanol–water partition coefficient (Wildman–Crippen LogP) is 3.27. The molecule has 0 saturated heterocycles. The van der Waals surface area contributed by atoms with Gasteiger partial charge in [-0.3, -0.25) is 0 Å². The summed E-state index contributed by atoms with van der Waals surface area (Å²) in [4.78, 5) is 12.5. The summed E-state index contributed by atoms with van der Waals surface area (Å²) in [7, 11) is 0. The zero-order chi connectivity index (χ0) is 11.1. The number of hydrogen-bond donors (Lipinski definition) is 0. The van der Waals surface area contributed by atoms with Crippen molar-refractivity contribution < 1.29 is 9.53 Å². The highest BCUT2D eigenvalue weighted by Crippen LogP contribution is 2.15. The lowest BCUT2D eigenvalue weighted by Crippen LogP contribution is -1.99. The maximum atomic E-state index is 11.4. The topological polar surface area (TPSA) is 26.3 Å². The van der Waals surface area contributed by atoms with E-state index in [1.807, 2.05) is 18.4 Å². The van der Waals surface area contributed by atoms with E-state index < -0.39 is 0 Å². The number of carbonyl (C=O) groups excluding carboxylic acids is 1. The number of hydrogen-bond acceptors (Lipinski definition) is 3. The third kappa shape index (κ3) is 3.64.